The largest absolute Gasteiger partial charge is 0.351 e. The van der Waals surface area contributed by atoms with Gasteiger partial charge in [-0.1, -0.05) is 18.0 Å². The molecular weight excluding hydrogens is 266 g/mol. The van der Waals surface area contributed by atoms with Gasteiger partial charge in [0, 0.05) is 11.3 Å². The van der Waals surface area contributed by atoms with Gasteiger partial charge in [-0.15, -0.1) is 11.3 Å². The minimum absolute atomic E-state index is 0.206. The summed E-state index contributed by atoms with van der Waals surface area (Å²) in [5.41, 5.74) is 0. The Balaban J connectivity index is 1.45. The van der Waals surface area contributed by atoms with Gasteiger partial charge in [0.25, 0.3) is 0 Å². The molecule has 2 saturated carbocycles. The average Bonchev–Trinajstić information content (AvgIpc) is 3.03. The van der Waals surface area contributed by atoms with Crippen LogP contribution in [0.15, 0.2) is 12.1 Å². The molecule has 1 amide bonds. The number of fused-ring (bicyclic) bond motifs is 2. The molecule has 2 aliphatic carbocycles. The zero-order chi connectivity index (χ0) is 12.5. The van der Waals surface area contributed by atoms with Gasteiger partial charge in [0.05, 0.1) is 10.9 Å². The van der Waals surface area contributed by atoms with Crippen molar-refractivity contribution >= 4 is 28.8 Å². The molecule has 1 heterocycles. The highest BCUT2D eigenvalue weighted by Gasteiger charge is 2.39. The summed E-state index contributed by atoms with van der Waals surface area (Å²) in [5, 5.41) is 3.01. The summed E-state index contributed by atoms with van der Waals surface area (Å²) >= 11 is 7.40. The quantitative estimate of drug-likeness (QED) is 0.894. The maximum absolute atomic E-state index is 11.9. The van der Waals surface area contributed by atoms with Crippen LogP contribution in [0.4, 0.5) is 0 Å². The summed E-state index contributed by atoms with van der Waals surface area (Å²) in [5.74, 6) is 2.61. The third-order valence-corrected chi connectivity index (χ3v) is 5.65. The van der Waals surface area contributed by atoms with Crippen LogP contribution >= 0.6 is 22.9 Å². The molecule has 0 spiro atoms. The lowest BCUT2D eigenvalue weighted by atomic mass is 9.86. The highest BCUT2D eigenvalue weighted by Crippen LogP contribution is 2.49. The minimum Gasteiger partial charge on any atom is -0.351 e. The Morgan fingerprint density at radius 1 is 1.39 bits per heavy atom. The van der Waals surface area contributed by atoms with Crippen molar-refractivity contribution in [3.05, 3.63) is 21.3 Å². The van der Waals surface area contributed by atoms with Gasteiger partial charge in [-0.05, 0) is 49.1 Å². The lowest BCUT2D eigenvalue weighted by Crippen LogP contribution is -2.26. The topological polar surface area (TPSA) is 29.1 Å². The second-order valence-electron chi connectivity index (χ2n) is 5.62. The van der Waals surface area contributed by atoms with E-state index in [1.807, 2.05) is 12.1 Å². The van der Waals surface area contributed by atoms with Gasteiger partial charge >= 0.3 is 0 Å². The third-order valence-electron chi connectivity index (χ3n) is 4.42. The summed E-state index contributed by atoms with van der Waals surface area (Å²) in [4.78, 5) is 13.0. The van der Waals surface area contributed by atoms with Gasteiger partial charge in [-0.25, -0.2) is 0 Å². The fourth-order valence-corrected chi connectivity index (χ4v) is 4.60. The predicted molar refractivity (Wildman–Crippen MR) is 74.7 cm³/mol. The van der Waals surface area contributed by atoms with Crippen molar-refractivity contribution in [2.75, 3.05) is 0 Å². The van der Waals surface area contributed by atoms with Crippen molar-refractivity contribution in [3.63, 3.8) is 0 Å². The second-order valence-corrected chi connectivity index (χ2v) is 7.42. The Labute approximate surface area is 117 Å². The van der Waals surface area contributed by atoms with Crippen LogP contribution in [-0.2, 0) is 11.3 Å². The molecule has 2 nitrogen and oxygen atoms in total. The minimum atomic E-state index is 0.206. The van der Waals surface area contributed by atoms with Crippen molar-refractivity contribution in [3.8, 4) is 0 Å². The summed E-state index contributed by atoms with van der Waals surface area (Å²) in [7, 11) is 0. The van der Waals surface area contributed by atoms with Crippen LogP contribution in [0.5, 0.6) is 0 Å². The highest BCUT2D eigenvalue weighted by atomic mass is 35.5. The summed E-state index contributed by atoms with van der Waals surface area (Å²) in [6.07, 6.45) is 6.13. The first kappa shape index (κ1) is 12.5. The Hall–Kier alpha value is -0.540. The summed E-state index contributed by atoms with van der Waals surface area (Å²) < 4.78 is 0.785. The van der Waals surface area contributed by atoms with E-state index in [2.05, 4.69) is 5.32 Å². The molecule has 1 N–H and O–H groups in total. The fourth-order valence-electron chi connectivity index (χ4n) is 3.57. The molecule has 0 aromatic carbocycles. The third kappa shape index (κ3) is 2.72. The van der Waals surface area contributed by atoms with E-state index in [9.17, 15) is 4.79 Å². The van der Waals surface area contributed by atoms with Crippen molar-refractivity contribution < 1.29 is 4.79 Å². The molecule has 3 unspecified atom stereocenters. The Bertz CT molecular complexity index is 445. The van der Waals surface area contributed by atoms with E-state index in [4.69, 9.17) is 11.6 Å². The zero-order valence-corrected chi connectivity index (χ0v) is 11.9. The molecule has 18 heavy (non-hydrogen) atoms. The summed E-state index contributed by atoms with van der Waals surface area (Å²) in [6, 6.07) is 3.86. The number of amides is 1. The number of halogens is 1. The molecular formula is C14H18ClNOS. The van der Waals surface area contributed by atoms with E-state index in [0.29, 0.717) is 12.5 Å². The smallest absolute Gasteiger partial charge is 0.220 e. The maximum Gasteiger partial charge on any atom is 0.220 e. The lowest BCUT2D eigenvalue weighted by Gasteiger charge is -2.20. The van der Waals surface area contributed by atoms with E-state index in [-0.39, 0.29) is 5.91 Å². The Kier molecular flexibility index (Phi) is 3.62. The van der Waals surface area contributed by atoms with E-state index in [1.165, 1.54) is 37.0 Å². The van der Waals surface area contributed by atoms with Gasteiger partial charge in [-0.2, -0.15) is 0 Å². The van der Waals surface area contributed by atoms with Crippen LogP contribution in [0.25, 0.3) is 0 Å². The number of rotatable bonds is 4. The molecule has 2 fully saturated rings. The first-order valence-corrected chi connectivity index (χ1v) is 7.91. The molecule has 3 atom stereocenters. The first-order valence-electron chi connectivity index (χ1n) is 6.71. The van der Waals surface area contributed by atoms with Crippen LogP contribution in [-0.4, -0.2) is 5.91 Å². The van der Waals surface area contributed by atoms with Crippen molar-refractivity contribution in [1.29, 1.82) is 0 Å². The van der Waals surface area contributed by atoms with Crippen molar-refractivity contribution in [2.45, 2.75) is 38.6 Å². The molecule has 2 bridgehead atoms. The normalized spacial score (nSPS) is 29.7. The molecule has 0 saturated heterocycles. The van der Waals surface area contributed by atoms with Crippen molar-refractivity contribution in [2.24, 2.45) is 17.8 Å². The number of carbonyl (C=O) groups excluding carboxylic acids is 1. The van der Waals surface area contributed by atoms with Gasteiger partial charge < -0.3 is 5.32 Å². The number of hydrogen-bond acceptors (Lipinski definition) is 2. The number of nitrogens with one attached hydrogen (secondary N) is 1. The van der Waals surface area contributed by atoms with Gasteiger partial charge in [0.1, 0.15) is 0 Å². The van der Waals surface area contributed by atoms with E-state index in [0.717, 1.165) is 27.5 Å². The maximum atomic E-state index is 11.9. The average molecular weight is 284 g/mol. The molecule has 98 valence electrons. The Morgan fingerprint density at radius 3 is 2.89 bits per heavy atom. The van der Waals surface area contributed by atoms with Crippen LogP contribution in [0.2, 0.25) is 4.34 Å². The number of carbonyl (C=O) groups is 1. The molecule has 0 radical (unpaired) electrons. The fraction of sp³-hybridized carbons (Fsp3) is 0.643. The first-order chi connectivity index (χ1) is 8.70. The van der Waals surface area contributed by atoms with E-state index < -0.39 is 0 Å². The summed E-state index contributed by atoms with van der Waals surface area (Å²) in [6.45, 7) is 0.622. The van der Waals surface area contributed by atoms with Crippen LogP contribution in [0, 0.1) is 17.8 Å². The van der Waals surface area contributed by atoms with Crippen LogP contribution in [0.3, 0.4) is 0 Å². The molecule has 2 aliphatic rings. The van der Waals surface area contributed by atoms with Gasteiger partial charge in [0.15, 0.2) is 0 Å². The standard InChI is InChI=1S/C14H18ClNOS/c15-13-4-3-12(18-13)8-16-14(17)7-11-6-9-1-2-10(11)5-9/h3-4,9-11H,1-2,5-8H2,(H,16,17). The molecule has 1 aromatic rings. The zero-order valence-electron chi connectivity index (χ0n) is 10.3. The number of hydrogen-bond donors (Lipinski definition) is 1. The molecule has 0 aliphatic heterocycles. The van der Waals surface area contributed by atoms with Crippen molar-refractivity contribution in [1.82, 2.24) is 5.32 Å². The predicted octanol–water partition coefficient (Wildman–Crippen LogP) is 3.84. The molecule has 1 aromatic heterocycles. The monoisotopic (exact) mass is 283 g/mol. The Morgan fingerprint density at radius 2 is 2.28 bits per heavy atom. The van der Waals surface area contributed by atoms with E-state index >= 15 is 0 Å². The van der Waals surface area contributed by atoms with Gasteiger partial charge in [0.2, 0.25) is 5.91 Å². The SMILES string of the molecule is O=C(CC1CC2CCC1C2)NCc1ccc(Cl)s1. The van der Waals surface area contributed by atoms with Crippen LogP contribution in [0.1, 0.15) is 37.0 Å². The van der Waals surface area contributed by atoms with E-state index in [1.54, 1.807) is 0 Å². The lowest BCUT2D eigenvalue weighted by molar-refractivity contribution is -0.122. The highest BCUT2D eigenvalue weighted by molar-refractivity contribution is 7.16. The van der Waals surface area contributed by atoms with Gasteiger partial charge in [-0.3, -0.25) is 4.79 Å². The molecule has 3 rings (SSSR count). The molecule has 4 heteroatoms. The number of thiophene rings is 1. The second kappa shape index (κ2) is 5.22. The van der Waals surface area contributed by atoms with Crippen LogP contribution < -0.4 is 5.32 Å².